The number of nitrogens with zero attached hydrogens (tertiary/aromatic N) is 6. The Labute approximate surface area is 205 Å². The highest BCUT2D eigenvalue weighted by molar-refractivity contribution is 5.74. The number of carboxylic acids is 1. The van der Waals surface area contributed by atoms with Gasteiger partial charge in [-0.25, -0.2) is 9.67 Å². The molecule has 4 rings (SSSR count). The molecule has 1 saturated heterocycles. The minimum Gasteiger partial charge on any atom is -0.481 e. The molecular formula is C26H34N6O3. The van der Waals surface area contributed by atoms with Crippen LogP contribution in [0.2, 0.25) is 0 Å². The Morgan fingerprint density at radius 2 is 2.00 bits per heavy atom. The number of pyridine rings is 2. The fraction of sp³-hybridized carbons (Fsp3) is 0.500. The smallest absolute Gasteiger partial charge is 0.309 e. The minimum absolute atomic E-state index is 0.0654. The monoisotopic (exact) mass is 478 g/mol. The molecule has 9 heteroatoms. The number of hydrogen-bond acceptors (Lipinski definition) is 6. The zero-order chi connectivity index (χ0) is 25.3. The molecular weight excluding hydrogens is 444 g/mol. The molecule has 35 heavy (non-hydrogen) atoms. The maximum Gasteiger partial charge on any atom is 0.309 e. The lowest BCUT2D eigenvalue weighted by Gasteiger charge is -2.27. The van der Waals surface area contributed by atoms with Crippen molar-refractivity contribution < 1.29 is 9.90 Å². The highest BCUT2D eigenvalue weighted by Crippen LogP contribution is 2.37. The van der Waals surface area contributed by atoms with Gasteiger partial charge in [-0.1, -0.05) is 24.6 Å². The molecule has 1 fully saturated rings. The highest BCUT2D eigenvalue weighted by Gasteiger charge is 2.41. The van der Waals surface area contributed by atoms with E-state index in [-0.39, 0.29) is 11.5 Å². The Morgan fingerprint density at radius 1 is 1.23 bits per heavy atom. The molecule has 4 heterocycles. The standard InChI is InChI=1S/C26H34N6O3/c1-6-7-18-8-11-23(33)32(14-18)16-22-24(28-29-30(22)5)20-9-10-21(17(2)27-20)31-13-12-19(15-31)26(3,4)25(34)35/h8-11,14,19H,6-7,12-13,15-16H2,1-5H3,(H,34,35)/t19-/m1/s1. The van der Waals surface area contributed by atoms with E-state index in [0.717, 1.165) is 48.4 Å². The van der Waals surface area contributed by atoms with Crippen LogP contribution in [0, 0.1) is 18.3 Å². The Bertz CT molecular complexity index is 1290. The van der Waals surface area contributed by atoms with Gasteiger partial charge in [-0.05, 0) is 57.2 Å². The lowest BCUT2D eigenvalue weighted by Crippen LogP contribution is -2.35. The van der Waals surface area contributed by atoms with Gasteiger partial charge in [0.15, 0.2) is 0 Å². The van der Waals surface area contributed by atoms with Gasteiger partial charge in [-0.3, -0.25) is 9.59 Å². The molecule has 0 saturated carbocycles. The van der Waals surface area contributed by atoms with Crippen LogP contribution in [0.15, 0.2) is 35.3 Å². The van der Waals surface area contributed by atoms with Crippen LogP contribution < -0.4 is 10.5 Å². The molecule has 3 aromatic rings. The predicted molar refractivity (Wildman–Crippen MR) is 135 cm³/mol. The van der Waals surface area contributed by atoms with Crippen LogP contribution in [0.5, 0.6) is 0 Å². The van der Waals surface area contributed by atoms with E-state index in [4.69, 9.17) is 4.98 Å². The van der Waals surface area contributed by atoms with Crippen LogP contribution >= 0.6 is 0 Å². The predicted octanol–water partition coefficient (Wildman–Crippen LogP) is 3.29. The Morgan fingerprint density at radius 3 is 2.69 bits per heavy atom. The summed E-state index contributed by atoms with van der Waals surface area (Å²) in [5.41, 5.74) is 4.32. The molecule has 9 nitrogen and oxygen atoms in total. The van der Waals surface area contributed by atoms with Crippen LogP contribution in [-0.4, -0.2) is 48.7 Å². The highest BCUT2D eigenvalue weighted by atomic mass is 16.4. The number of carboxylic acid groups (broad SMARTS) is 1. The summed E-state index contributed by atoms with van der Waals surface area (Å²) in [4.78, 5) is 31.2. The van der Waals surface area contributed by atoms with Gasteiger partial charge in [0.25, 0.3) is 5.56 Å². The second-order valence-corrected chi connectivity index (χ2v) is 10.0. The fourth-order valence-electron chi connectivity index (χ4n) is 4.82. The van der Waals surface area contributed by atoms with Gasteiger partial charge in [0.05, 0.1) is 34.7 Å². The summed E-state index contributed by atoms with van der Waals surface area (Å²) >= 11 is 0. The van der Waals surface area contributed by atoms with Crippen molar-refractivity contribution in [2.24, 2.45) is 18.4 Å². The maximum absolute atomic E-state index is 12.5. The van der Waals surface area contributed by atoms with Gasteiger partial charge >= 0.3 is 5.97 Å². The first-order chi connectivity index (χ1) is 16.6. The second kappa shape index (κ2) is 9.64. The Balaban J connectivity index is 1.59. The second-order valence-electron chi connectivity index (χ2n) is 10.0. The zero-order valence-corrected chi connectivity index (χ0v) is 21.2. The molecule has 0 aliphatic carbocycles. The van der Waals surface area contributed by atoms with E-state index in [1.165, 1.54) is 0 Å². The van der Waals surface area contributed by atoms with Gasteiger partial charge in [0.2, 0.25) is 0 Å². The topological polar surface area (TPSA) is 106 Å². The number of hydrogen-bond donors (Lipinski definition) is 1. The molecule has 1 aliphatic rings. The van der Waals surface area contributed by atoms with Gasteiger partial charge < -0.3 is 14.6 Å². The molecule has 0 aromatic carbocycles. The van der Waals surface area contributed by atoms with Crippen molar-refractivity contribution in [3.8, 4) is 11.4 Å². The van der Waals surface area contributed by atoms with Crippen molar-refractivity contribution in [1.29, 1.82) is 0 Å². The maximum atomic E-state index is 12.5. The number of aliphatic carboxylic acids is 1. The number of rotatable bonds is 8. The number of carbonyl (C=O) groups is 1. The van der Waals surface area contributed by atoms with Crippen LogP contribution in [-0.2, 0) is 24.8 Å². The summed E-state index contributed by atoms with van der Waals surface area (Å²) in [7, 11) is 1.82. The molecule has 186 valence electrons. The summed E-state index contributed by atoms with van der Waals surface area (Å²) in [6.07, 6.45) is 4.67. The first-order valence-corrected chi connectivity index (χ1v) is 12.2. The molecule has 0 unspecified atom stereocenters. The van der Waals surface area contributed by atoms with Gasteiger partial charge in [-0.2, -0.15) is 0 Å². The SMILES string of the molecule is CCCc1ccc(=O)n(Cc2c(-c3ccc(N4CC[C@@H](C(C)(C)C(=O)O)C4)c(C)n3)nnn2C)c1. The quantitative estimate of drug-likeness (QED) is 0.529. The van der Waals surface area contributed by atoms with E-state index in [2.05, 4.69) is 22.1 Å². The van der Waals surface area contributed by atoms with Crippen molar-refractivity contribution >= 4 is 11.7 Å². The number of aromatic nitrogens is 5. The van der Waals surface area contributed by atoms with Crippen molar-refractivity contribution in [3.63, 3.8) is 0 Å². The van der Waals surface area contributed by atoms with E-state index in [1.807, 2.05) is 38.4 Å². The van der Waals surface area contributed by atoms with E-state index >= 15 is 0 Å². The van der Waals surface area contributed by atoms with Crippen LogP contribution in [0.4, 0.5) is 5.69 Å². The molecule has 3 aromatic heterocycles. The van der Waals surface area contributed by atoms with Crippen LogP contribution in [0.1, 0.15) is 50.6 Å². The normalized spacial score (nSPS) is 16.1. The Kier molecular flexibility index (Phi) is 6.78. The first-order valence-electron chi connectivity index (χ1n) is 12.2. The summed E-state index contributed by atoms with van der Waals surface area (Å²) < 4.78 is 3.39. The molecule has 1 N–H and O–H groups in total. The van der Waals surface area contributed by atoms with E-state index in [0.29, 0.717) is 24.5 Å². The molecule has 1 atom stereocenters. The minimum atomic E-state index is -0.767. The third-order valence-corrected chi connectivity index (χ3v) is 7.25. The summed E-state index contributed by atoms with van der Waals surface area (Å²) in [5.74, 6) is -0.684. The average molecular weight is 479 g/mol. The Hall–Kier alpha value is -3.49. The average Bonchev–Trinajstić information content (AvgIpc) is 3.44. The van der Waals surface area contributed by atoms with Crippen LogP contribution in [0.25, 0.3) is 11.4 Å². The molecule has 0 bridgehead atoms. The van der Waals surface area contributed by atoms with Crippen molar-refractivity contribution in [2.45, 2.75) is 53.5 Å². The number of anilines is 1. The van der Waals surface area contributed by atoms with Gasteiger partial charge in [0.1, 0.15) is 5.69 Å². The van der Waals surface area contributed by atoms with Gasteiger partial charge in [-0.15, -0.1) is 5.10 Å². The number of aryl methyl sites for hydroxylation is 3. The largest absolute Gasteiger partial charge is 0.481 e. The third-order valence-electron chi connectivity index (χ3n) is 7.25. The lowest BCUT2D eigenvalue weighted by atomic mass is 9.78. The van der Waals surface area contributed by atoms with Gasteiger partial charge in [0, 0.05) is 32.4 Å². The summed E-state index contributed by atoms with van der Waals surface area (Å²) in [6, 6.07) is 7.46. The van der Waals surface area contributed by atoms with E-state index < -0.39 is 11.4 Å². The van der Waals surface area contributed by atoms with Crippen LogP contribution in [0.3, 0.4) is 0 Å². The summed E-state index contributed by atoms with van der Waals surface area (Å²) in [5, 5.41) is 18.2. The molecule has 0 spiro atoms. The fourth-order valence-corrected chi connectivity index (χ4v) is 4.82. The molecule has 1 aliphatic heterocycles. The van der Waals surface area contributed by atoms with Crippen molar-refractivity contribution in [3.05, 3.63) is 57.8 Å². The zero-order valence-electron chi connectivity index (χ0n) is 21.2. The van der Waals surface area contributed by atoms with Crippen molar-refractivity contribution in [1.82, 2.24) is 24.5 Å². The van der Waals surface area contributed by atoms with E-state index in [9.17, 15) is 14.7 Å². The lowest BCUT2D eigenvalue weighted by molar-refractivity contribution is -0.149. The third kappa shape index (κ3) is 4.85. The first kappa shape index (κ1) is 24.6. The molecule has 0 amide bonds. The van der Waals surface area contributed by atoms with Crippen molar-refractivity contribution in [2.75, 3.05) is 18.0 Å². The summed E-state index contributed by atoms with van der Waals surface area (Å²) in [6.45, 7) is 9.53. The van der Waals surface area contributed by atoms with E-state index in [1.54, 1.807) is 29.2 Å². The molecule has 0 radical (unpaired) electrons.